The lowest BCUT2D eigenvalue weighted by Gasteiger charge is -2.13. The largest absolute Gasteiger partial charge is 0.490 e. The SMILES string of the molecule is CCCOCCOc1ccc(CO)cc1OCC. The number of benzene rings is 1. The molecule has 0 bridgehead atoms. The van der Waals surface area contributed by atoms with Crippen LogP contribution in [0.3, 0.4) is 0 Å². The lowest BCUT2D eigenvalue weighted by Crippen LogP contribution is -2.08. The third kappa shape index (κ3) is 4.94. The van der Waals surface area contributed by atoms with Crippen LogP contribution in [0.2, 0.25) is 0 Å². The van der Waals surface area contributed by atoms with Crippen LogP contribution in [0.15, 0.2) is 18.2 Å². The quantitative estimate of drug-likeness (QED) is 0.687. The van der Waals surface area contributed by atoms with Crippen molar-refractivity contribution >= 4 is 0 Å². The highest BCUT2D eigenvalue weighted by Gasteiger charge is 2.06. The van der Waals surface area contributed by atoms with Gasteiger partial charge in [-0.2, -0.15) is 0 Å². The van der Waals surface area contributed by atoms with E-state index in [1.165, 1.54) is 0 Å². The topological polar surface area (TPSA) is 47.9 Å². The molecule has 4 heteroatoms. The van der Waals surface area contributed by atoms with Gasteiger partial charge >= 0.3 is 0 Å². The van der Waals surface area contributed by atoms with Crippen LogP contribution in [-0.4, -0.2) is 31.5 Å². The zero-order valence-corrected chi connectivity index (χ0v) is 11.1. The van der Waals surface area contributed by atoms with Gasteiger partial charge in [0.2, 0.25) is 0 Å². The van der Waals surface area contributed by atoms with Gasteiger partial charge in [-0.3, -0.25) is 0 Å². The van der Waals surface area contributed by atoms with Crippen molar-refractivity contribution < 1.29 is 19.3 Å². The minimum atomic E-state index is -0.0000343. The van der Waals surface area contributed by atoms with E-state index >= 15 is 0 Å². The molecule has 0 unspecified atom stereocenters. The van der Waals surface area contributed by atoms with Gasteiger partial charge < -0.3 is 19.3 Å². The molecule has 1 rings (SSSR count). The second-order valence-electron chi connectivity index (χ2n) is 3.83. The van der Waals surface area contributed by atoms with Crippen molar-refractivity contribution in [3.8, 4) is 11.5 Å². The third-order valence-electron chi connectivity index (χ3n) is 2.32. The average molecular weight is 254 g/mol. The summed E-state index contributed by atoms with van der Waals surface area (Å²) < 4.78 is 16.4. The fourth-order valence-electron chi connectivity index (χ4n) is 1.50. The highest BCUT2D eigenvalue weighted by molar-refractivity contribution is 5.42. The van der Waals surface area contributed by atoms with Crippen LogP contribution in [0.5, 0.6) is 11.5 Å². The Labute approximate surface area is 108 Å². The first-order chi connectivity index (χ1) is 8.81. The Morgan fingerprint density at radius 2 is 1.83 bits per heavy atom. The zero-order chi connectivity index (χ0) is 13.2. The van der Waals surface area contributed by atoms with Gasteiger partial charge in [0.05, 0.1) is 19.8 Å². The molecule has 4 nitrogen and oxygen atoms in total. The molecule has 0 aliphatic rings. The molecule has 0 radical (unpaired) electrons. The molecular formula is C14H22O4. The highest BCUT2D eigenvalue weighted by atomic mass is 16.5. The van der Waals surface area contributed by atoms with Crippen molar-refractivity contribution in [1.82, 2.24) is 0 Å². The average Bonchev–Trinajstić information content (AvgIpc) is 2.40. The number of ether oxygens (including phenoxy) is 3. The summed E-state index contributed by atoms with van der Waals surface area (Å²) in [6.07, 6.45) is 1.01. The predicted octanol–water partition coefficient (Wildman–Crippen LogP) is 2.38. The maximum Gasteiger partial charge on any atom is 0.161 e. The summed E-state index contributed by atoms with van der Waals surface area (Å²) in [7, 11) is 0. The molecule has 0 aliphatic carbocycles. The van der Waals surface area contributed by atoms with Gasteiger partial charge in [-0.1, -0.05) is 13.0 Å². The monoisotopic (exact) mass is 254 g/mol. The van der Waals surface area contributed by atoms with E-state index in [2.05, 4.69) is 6.92 Å². The Hall–Kier alpha value is -1.26. The summed E-state index contributed by atoms with van der Waals surface area (Å²) in [5.41, 5.74) is 0.813. The minimum Gasteiger partial charge on any atom is -0.490 e. The number of aliphatic hydroxyl groups excluding tert-OH is 1. The Bertz CT molecular complexity index is 339. The van der Waals surface area contributed by atoms with Crippen molar-refractivity contribution in [2.75, 3.05) is 26.4 Å². The molecule has 0 heterocycles. The number of aliphatic hydroxyl groups is 1. The van der Waals surface area contributed by atoms with E-state index in [1.54, 1.807) is 6.07 Å². The summed E-state index contributed by atoms with van der Waals surface area (Å²) in [6.45, 7) is 6.38. The molecule has 0 spiro atoms. The molecule has 1 aromatic rings. The zero-order valence-electron chi connectivity index (χ0n) is 11.1. The minimum absolute atomic E-state index is 0.0000343. The van der Waals surface area contributed by atoms with Gasteiger partial charge in [0, 0.05) is 6.61 Å². The van der Waals surface area contributed by atoms with Crippen molar-refractivity contribution in [3.63, 3.8) is 0 Å². The molecule has 102 valence electrons. The Morgan fingerprint density at radius 3 is 2.50 bits per heavy atom. The fourth-order valence-corrected chi connectivity index (χ4v) is 1.50. The van der Waals surface area contributed by atoms with Crippen molar-refractivity contribution in [1.29, 1.82) is 0 Å². The smallest absolute Gasteiger partial charge is 0.161 e. The number of rotatable bonds is 9. The van der Waals surface area contributed by atoms with Crippen molar-refractivity contribution in [2.45, 2.75) is 26.9 Å². The molecule has 1 N–H and O–H groups in total. The molecule has 0 saturated carbocycles. The standard InChI is InChI=1S/C14H22O4/c1-3-7-16-8-9-18-13-6-5-12(11-15)10-14(13)17-4-2/h5-6,10,15H,3-4,7-9,11H2,1-2H3. The second kappa shape index (κ2) is 8.78. The number of hydrogen-bond acceptors (Lipinski definition) is 4. The first-order valence-electron chi connectivity index (χ1n) is 6.38. The van der Waals surface area contributed by atoms with Gasteiger partial charge in [-0.15, -0.1) is 0 Å². The summed E-state index contributed by atoms with van der Waals surface area (Å²) >= 11 is 0. The molecule has 0 fully saturated rings. The van der Waals surface area contributed by atoms with E-state index < -0.39 is 0 Å². The van der Waals surface area contributed by atoms with E-state index in [0.29, 0.717) is 31.3 Å². The van der Waals surface area contributed by atoms with Gasteiger partial charge in [-0.25, -0.2) is 0 Å². The van der Waals surface area contributed by atoms with Crippen LogP contribution in [-0.2, 0) is 11.3 Å². The van der Waals surface area contributed by atoms with Gasteiger partial charge in [0.15, 0.2) is 11.5 Å². The van der Waals surface area contributed by atoms with E-state index in [1.807, 2.05) is 19.1 Å². The molecule has 1 aromatic carbocycles. The predicted molar refractivity (Wildman–Crippen MR) is 70.1 cm³/mol. The van der Waals surface area contributed by atoms with Crippen LogP contribution in [0, 0.1) is 0 Å². The summed E-state index contributed by atoms with van der Waals surface area (Å²) in [5, 5.41) is 9.08. The summed E-state index contributed by atoms with van der Waals surface area (Å²) in [4.78, 5) is 0. The van der Waals surface area contributed by atoms with E-state index in [9.17, 15) is 0 Å². The van der Waals surface area contributed by atoms with E-state index in [-0.39, 0.29) is 6.61 Å². The summed E-state index contributed by atoms with van der Waals surface area (Å²) in [6, 6.07) is 5.44. The van der Waals surface area contributed by atoms with Crippen LogP contribution < -0.4 is 9.47 Å². The second-order valence-corrected chi connectivity index (χ2v) is 3.83. The summed E-state index contributed by atoms with van der Waals surface area (Å²) in [5.74, 6) is 1.36. The Kier molecular flexibility index (Phi) is 7.22. The number of hydrogen-bond donors (Lipinski definition) is 1. The maximum absolute atomic E-state index is 9.08. The van der Waals surface area contributed by atoms with Crippen LogP contribution in [0.1, 0.15) is 25.8 Å². The highest BCUT2D eigenvalue weighted by Crippen LogP contribution is 2.28. The lowest BCUT2D eigenvalue weighted by atomic mass is 10.2. The third-order valence-corrected chi connectivity index (χ3v) is 2.32. The van der Waals surface area contributed by atoms with Crippen LogP contribution in [0.25, 0.3) is 0 Å². The van der Waals surface area contributed by atoms with Crippen molar-refractivity contribution in [2.24, 2.45) is 0 Å². The van der Waals surface area contributed by atoms with Crippen LogP contribution in [0.4, 0.5) is 0 Å². The Morgan fingerprint density at radius 1 is 1.00 bits per heavy atom. The lowest BCUT2D eigenvalue weighted by molar-refractivity contribution is 0.0992. The molecule has 0 saturated heterocycles. The molecular weight excluding hydrogens is 232 g/mol. The maximum atomic E-state index is 9.08. The normalized spacial score (nSPS) is 10.4. The molecule has 0 aromatic heterocycles. The van der Waals surface area contributed by atoms with E-state index in [4.69, 9.17) is 19.3 Å². The van der Waals surface area contributed by atoms with Gasteiger partial charge in [-0.05, 0) is 31.0 Å². The first-order valence-corrected chi connectivity index (χ1v) is 6.38. The van der Waals surface area contributed by atoms with Crippen molar-refractivity contribution in [3.05, 3.63) is 23.8 Å². The molecule has 0 atom stereocenters. The van der Waals surface area contributed by atoms with Gasteiger partial charge in [0.1, 0.15) is 6.61 Å². The molecule has 0 amide bonds. The molecule has 0 aliphatic heterocycles. The first kappa shape index (κ1) is 14.8. The fraction of sp³-hybridized carbons (Fsp3) is 0.571. The molecule has 18 heavy (non-hydrogen) atoms. The van der Waals surface area contributed by atoms with Gasteiger partial charge in [0.25, 0.3) is 0 Å². The van der Waals surface area contributed by atoms with E-state index in [0.717, 1.165) is 18.6 Å². The van der Waals surface area contributed by atoms with Crippen LogP contribution >= 0.6 is 0 Å². The Balaban J connectivity index is 2.52.